The number of nitrogens with two attached hydrogens (primary N) is 1. The van der Waals surface area contributed by atoms with Crippen molar-refractivity contribution < 1.29 is 0 Å². The van der Waals surface area contributed by atoms with E-state index in [1.54, 1.807) is 0 Å². The molecular weight excluding hydrogens is 200 g/mol. The normalized spacial score (nSPS) is 17.2. The number of anilines is 1. The van der Waals surface area contributed by atoms with Gasteiger partial charge in [-0.15, -0.1) is 0 Å². The monoisotopic (exact) mass is 216 g/mol. The van der Waals surface area contributed by atoms with E-state index >= 15 is 0 Å². The molecular formula is C12H16N4. The molecule has 0 unspecified atom stereocenters. The highest BCUT2D eigenvalue weighted by Gasteiger charge is 2.12. The molecule has 16 heavy (non-hydrogen) atoms. The van der Waals surface area contributed by atoms with Gasteiger partial charge < -0.3 is 10.3 Å². The van der Waals surface area contributed by atoms with Crippen molar-refractivity contribution in [3.63, 3.8) is 0 Å². The van der Waals surface area contributed by atoms with Crippen molar-refractivity contribution >= 4 is 16.7 Å². The predicted molar refractivity (Wildman–Crippen MR) is 65.0 cm³/mol. The SMILES string of the molecule is Nc1ccc2ncn(CN3CCCC3)c2c1. The van der Waals surface area contributed by atoms with Gasteiger partial charge in [0.1, 0.15) is 0 Å². The van der Waals surface area contributed by atoms with E-state index in [0.717, 1.165) is 23.4 Å². The van der Waals surface area contributed by atoms with Gasteiger partial charge in [0, 0.05) is 5.69 Å². The number of nitrogens with zero attached hydrogens (tertiary/aromatic N) is 3. The van der Waals surface area contributed by atoms with E-state index in [1.165, 1.54) is 25.9 Å². The lowest BCUT2D eigenvalue weighted by Crippen LogP contribution is -2.22. The molecule has 1 aromatic carbocycles. The molecule has 0 saturated carbocycles. The van der Waals surface area contributed by atoms with E-state index < -0.39 is 0 Å². The van der Waals surface area contributed by atoms with Crippen LogP contribution in [-0.4, -0.2) is 27.5 Å². The number of hydrogen-bond acceptors (Lipinski definition) is 3. The van der Waals surface area contributed by atoms with Crippen molar-refractivity contribution in [1.29, 1.82) is 0 Å². The number of rotatable bonds is 2. The molecule has 1 fully saturated rings. The summed E-state index contributed by atoms with van der Waals surface area (Å²) in [5, 5.41) is 0. The minimum Gasteiger partial charge on any atom is -0.399 e. The van der Waals surface area contributed by atoms with E-state index in [2.05, 4.69) is 14.5 Å². The Bertz CT molecular complexity index is 497. The lowest BCUT2D eigenvalue weighted by Gasteiger charge is -2.15. The molecule has 1 aliphatic heterocycles. The smallest absolute Gasteiger partial charge is 0.0969 e. The van der Waals surface area contributed by atoms with Gasteiger partial charge in [-0.25, -0.2) is 4.98 Å². The fraction of sp³-hybridized carbons (Fsp3) is 0.417. The Morgan fingerprint density at radius 2 is 2.06 bits per heavy atom. The van der Waals surface area contributed by atoms with Gasteiger partial charge >= 0.3 is 0 Å². The fourth-order valence-electron chi connectivity index (χ4n) is 2.33. The van der Waals surface area contributed by atoms with E-state index in [4.69, 9.17) is 5.73 Å². The zero-order valence-corrected chi connectivity index (χ0v) is 9.26. The molecule has 0 spiro atoms. The molecule has 0 atom stereocenters. The van der Waals surface area contributed by atoms with Crippen LogP contribution in [0, 0.1) is 0 Å². The second-order valence-corrected chi connectivity index (χ2v) is 4.43. The summed E-state index contributed by atoms with van der Waals surface area (Å²) >= 11 is 0. The van der Waals surface area contributed by atoms with Gasteiger partial charge in [0.25, 0.3) is 0 Å². The number of likely N-dealkylation sites (tertiary alicyclic amines) is 1. The van der Waals surface area contributed by atoms with Gasteiger partial charge in [-0.2, -0.15) is 0 Å². The van der Waals surface area contributed by atoms with Crippen LogP contribution < -0.4 is 5.73 Å². The van der Waals surface area contributed by atoms with E-state index in [-0.39, 0.29) is 0 Å². The molecule has 84 valence electrons. The highest BCUT2D eigenvalue weighted by molar-refractivity contribution is 5.78. The van der Waals surface area contributed by atoms with Crippen molar-refractivity contribution in [3.8, 4) is 0 Å². The summed E-state index contributed by atoms with van der Waals surface area (Å²) in [7, 11) is 0. The number of imidazole rings is 1. The summed E-state index contributed by atoms with van der Waals surface area (Å²) in [6, 6.07) is 5.87. The van der Waals surface area contributed by atoms with Gasteiger partial charge in [-0.1, -0.05) is 0 Å². The Hall–Kier alpha value is -1.55. The van der Waals surface area contributed by atoms with Crippen LogP contribution in [-0.2, 0) is 6.67 Å². The Balaban J connectivity index is 1.93. The van der Waals surface area contributed by atoms with Crippen molar-refractivity contribution in [2.75, 3.05) is 18.8 Å². The number of aromatic nitrogens is 2. The van der Waals surface area contributed by atoms with Crippen LogP contribution in [0.25, 0.3) is 11.0 Å². The lowest BCUT2D eigenvalue weighted by atomic mass is 10.3. The fourth-order valence-corrected chi connectivity index (χ4v) is 2.33. The summed E-state index contributed by atoms with van der Waals surface area (Å²) < 4.78 is 2.18. The van der Waals surface area contributed by atoms with E-state index in [1.807, 2.05) is 24.5 Å². The molecule has 1 aromatic heterocycles. The first-order valence-corrected chi connectivity index (χ1v) is 5.76. The molecule has 1 aliphatic rings. The maximum atomic E-state index is 5.81. The third-order valence-corrected chi connectivity index (χ3v) is 3.20. The quantitative estimate of drug-likeness (QED) is 0.777. The largest absolute Gasteiger partial charge is 0.399 e. The number of nitrogen functional groups attached to an aromatic ring is 1. The average molecular weight is 216 g/mol. The summed E-state index contributed by atoms with van der Waals surface area (Å²) in [4.78, 5) is 6.83. The van der Waals surface area contributed by atoms with Crippen LogP contribution >= 0.6 is 0 Å². The molecule has 2 aromatic rings. The summed E-state index contributed by atoms with van der Waals surface area (Å²) in [6.07, 6.45) is 4.53. The maximum absolute atomic E-state index is 5.81. The van der Waals surface area contributed by atoms with Gasteiger partial charge in [0.2, 0.25) is 0 Å². The third-order valence-electron chi connectivity index (χ3n) is 3.20. The number of benzene rings is 1. The maximum Gasteiger partial charge on any atom is 0.0969 e. The van der Waals surface area contributed by atoms with Crippen LogP contribution in [0.5, 0.6) is 0 Å². The van der Waals surface area contributed by atoms with Crippen LogP contribution in [0.3, 0.4) is 0 Å². The molecule has 4 nitrogen and oxygen atoms in total. The minimum absolute atomic E-state index is 0.802. The van der Waals surface area contributed by atoms with Crippen molar-refractivity contribution in [1.82, 2.24) is 14.5 Å². The first-order valence-electron chi connectivity index (χ1n) is 5.76. The summed E-state index contributed by atoms with van der Waals surface area (Å²) in [6.45, 7) is 3.32. The highest BCUT2D eigenvalue weighted by atomic mass is 15.3. The molecule has 0 aliphatic carbocycles. The lowest BCUT2D eigenvalue weighted by molar-refractivity contribution is 0.274. The standard InChI is InChI=1S/C12H16N4/c13-10-3-4-11-12(7-10)16(8-14-11)9-15-5-1-2-6-15/h3-4,7-8H,1-2,5-6,9,13H2. The third kappa shape index (κ3) is 1.65. The first-order chi connectivity index (χ1) is 7.83. The second kappa shape index (κ2) is 3.79. The van der Waals surface area contributed by atoms with Gasteiger partial charge in [-0.05, 0) is 44.1 Å². The van der Waals surface area contributed by atoms with Crippen molar-refractivity contribution in [2.24, 2.45) is 0 Å². The molecule has 4 heteroatoms. The van der Waals surface area contributed by atoms with Crippen LogP contribution in [0.15, 0.2) is 24.5 Å². The highest BCUT2D eigenvalue weighted by Crippen LogP contribution is 2.18. The second-order valence-electron chi connectivity index (χ2n) is 4.43. The summed E-state index contributed by atoms with van der Waals surface area (Å²) in [5.41, 5.74) is 8.76. The van der Waals surface area contributed by atoms with E-state index in [0.29, 0.717) is 0 Å². The number of hydrogen-bond donors (Lipinski definition) is 1. The van der Waals surface area contributed by atoms with Crippen LogP contribution in [0.1, 0.15) is 12.8 Å². The minimum atomic E-state index is 0.802. The Morgan fingerprint density at radius 1 is 1.25 bits per heavy atom. The first kappa shape index (κ1) is 9.66. The van der Waals surface area contributed by atoms with Crippen molar-refractivity contribution in [2.45, 2.75) is 19.5 Å². The predicted octanol–water partition coefficient (Wildman–Crippen LogP) is 1.67. The van der Waals surface area contributed by atoms with Crippen LogP contribution in [0.2, 0.25) is 0 Å². The summed E-state index contributed by atoms with van der Waals surface area (Å²) in [5.74, 6) is 0. The molecule has 0 amide bonds. The molecule has 2 heterocycles. The zero-order valence-electron chi connectivity index (χ0n) is 9.26. The topological polar surface area (TPSA) is 47.1 Å². The molecule has 0 radical (unpaired) electrons. The zero-order chi connectivity index (χ0) is 11.0. The number of fused-ring (bicyclic) bond motifs is 1. The molecule has 1 saturated heterocycles. The van der Waals surface area contributed by atoms with Gasteiger partial charge in [0.05, 0.1) is 24.0 Å². The molecule has 0 bridgehead atoms. The Kier molecular flexibility index (Phi) is 2.29. The average Bonchev–Trinajstić information content (AvgIpc) is 2.90. The van der Waals surface area contributed by atoms with Gasteiger partial charge in [0.15, 0.2) is 0 Å². The Labute approximate surface area is 94.7 Å². The molecule has 3 rings (SSSR count). The van der Waals surface area contributed by atoms with Crippen LogP contribution in [0.4, 0.5) is 5.69 Å². The van der Waals surface area contributed by atoms with Gasteiger partial charge in [-0.3, -0.25) is 4.90 Å². The van der Waals surface area contributed by atoms with E-state index in [9.17, 15) is 0 Å². The molecule has 2 N–H and O–H groups in total. The Morgan fingerprint density at radius 3 is 2.88 bits per heavy atom. The van der Waals surface area contributed by atoms with Crippen molar-refractivity contribution in [3.05, 3.63) is 24.5 Å².